The molecule has 1 aliphatic carbocycles. The summed E-state index contributed by atoms with van der Waals surface area (Å²) in [5.74, 6) is -11.6. The molecule has 3 aliphatic heterocycles. The van der Waals surface area contributed by atoms with Crippen molar-refractivity contribution in [3.8, 4) is 5.75 Å². The van der Waals surface area contributed by atoms with Crippen molar-refractivity contribution in [1.82, 2.24) is 47.5 Å². The second kappa shape index (κ2) is 45.8. The molecule has 36 heteroatoms. The fourth-order valence-electron chi connectivity index (χ4n) is 18.2. The van der Waals surface area contributed by atoms with Crippen molar-refractivity contribution in [2.75, 3.05) is 47.5 Å². The third-order valence-electron chi connectivity index (χ3n) is 25.1. The summed E-state index contributed by atoms with van der Waals surface area (Å²) >= 11 is 0. The van der Waals surface area contributed by atoms with Gasteiger partial charge in [-0.1, -0.05) is 175 Å². The number of aromatic nitrogens is 1. The minimum atomic E-state index is -4.59. The quantitative estimate of drug-likeness (QED) is 0.00799. The number of phenols is 1. The van der Waals surface area contributed by atoms with Crippen LogP contribution in [-0.2, 0) is 88.7 Å². The zero-order valence-corrected chi connectivity index (χ0v) is 81.9. The monoisotopic (exact) mass is 1940 g/mol. The van der Waals surface area contributed by atoms with Gasteiger partial charge in [-0.3, -0.25) is 38.4 Å². The van der Waals surface area contributed by atoms with E-state index < -0.39 is 168 Å². The Labute approximate surface area is 819 Å². The number of fused-ring (bicyclic) bond motifs is 7. The van der Waals surface area contributed by atoms with Gasteiger partial charge < -0.3 is 87.7 Å². The fourth-order valence-corrected chi connectivity index (χ4v) is 21.5. The predicted molar refractivity (Wildman–Crippen MR) is 520 cm³/mol. The summed E-state index contributed by atoms with van der Waals surface area (Å²) in [6.07, 6.45) is 8.19. The van der Waals surface area contributed by atoms with Gasteiger partial charge in [-0.25, -0.2) is 21.6 Å². The number of aliphatic carboxylic acids is 1. The minimum Gasteiger partial charge on any atom is -0.748 e. The van der Waals surface area contributed by atoms with Crippen molar-refractivity contribution in [3.63, 3.8) is 0 Å². The second-order valence-electron chi connectivity index (χ2n) is 35.5. The molecule has 0 radical (unpaired) electrons. The van der Waals surface area contributed by atoms with Crippen LogP contribution in [0, 0.1) is 0 Å². The molecular formula is C100H113N12NaO19S4. The molecule has 0 saturated carbocycles. The van der Waals surface area contributed by atoms with Gasteiger partial charge in [0.1, 0.15) is 54.6 Å². The van der Waals surface area contributed by atoms with Gasteiger partial charge in [0, 0.05) is 112 Å². The van der Waals surface area contributed by atoms with Crippen LogP contribution in [0.15, 0.2) is 223 Å². The number of aliphatic hydroxyl groups is 2. The molecule has 1 aromatic heterocycles. The Balaban J connectivity index is 0.0000166. The average molecular weight is 1940 g/mol. The Morgan fingerprint density at radius 1 is 0.625 bits per heavy atom. The minimum absolute atomic E-state index is 0. The first-order valence-electron chi connectivity index (χ1n) is 45.0. The summed E-state index contributed by atoms with van der Waals surface area (Å²) in [6, 6.07) is 39.2. The van der Waals surface area contributed by atoms with E-state index in [0.717, 1.165) is 101 Å². The standard InChI is InChI=1S/C100H114N12O19S4.Na/c1-59(113)88-97(123)108-80(96(122)110-89(60(2)114)98(124)125)58-133-132-57-79(95(121)105-77(54-62-32-42-70(115)43-33-62)92(118)106-78(55-69-56-102-74-30-15-14-27-71(69)74)94(120)103-75(91(117)109-88)31-16-17-48-101)107-93(119)76(53-61-21-8-7-9-22-61)104-90(116)68-36-34-67(35-37-68)85-65(40-46-83-99(3,4)86-72-28-12-10-23-63(72)38-44-81(86)111(83)49-19-51-134(126,127)128)25-18-26-66(85)41-47-84-100(5,6)87-73-29-13-11-24-64(73)39-45-82(87)112(84)50-20-52-135(129,130)131;/h7-15,21-24,27-30,32-47,56,59-60,75-80,88-89,102,113-114H,16-20,25-26,31,48-55,57-58,101H2,1-6H3,(H11-,103,104,105,106,107,108,109,110,115,116,117,118,119,120,121,122,123,124,125,126,127,128,129,130,131);/q;+1/p-1/t59-,60-,75+,76-,77+,78-,79+,80+,88-,89+;/m1./s1. The third-order valence-corrected chi connectivity index (χ3v) is 29.1. The third kappa shape index (κ3) is 25.5. The normalized spacial score (nSPS) is 20.7. The summed E-state index contributed by atoms with van der Waals surface area (Å²) in [5.41, 5.74) is 15.5. The summed E-state index contributed by atoms with van der Waals surface area (Å²) < 4.78 is 75.3. The Hall–Kier alpha value is -11.3. The maximum atomic E-state index is 15.7. The molecule has 4 aliphatic rings. The van der Waals surface area contributed by atoms with Crippen molar-refractivity contribution >= 4 is 150 Å². The smallest absolute Gasteiger partial charge is 0.748 e. The average Bonchev–Trinajstić information content (AvgIpc) is 1.57. The maximum Gasteiger partial charge on any atom is 1.00 e. The van der Waals surface area contributed by atoms with Crippen molar-refractivity contribution in [2.24, 2.45) is 5.73 Å². The number of nitrogens with two attached hydrogens (primary N) is 1. The van der Waals surface area contributed by atoms with Gasteiger partial charge in [-0.15, -0.1) is 0 Å². The van der Waals surface area contributed by atoms with Gasteiger partial charge in [0.2, 0.25) is 47.0 Å². The first kappa shape index (κ1) is 104. The second-order valence-corrected chi connectivity index (χ2v) is 41.1. The van der Waals surface area contributed by atoms with Crippen LogP contribution in [0.25, 0.3) is 38.0 Å². The number of unbranched alkanes of at least 4 members (excludes halogenated alkanes) is 1. The van der Waals surface area contributed by atoms with Crippen LogP contribution in [0.2, 0.25) is 0 Å². The molecule has 0 unspecified atom stereocenters. The van der Waals surface area contributed by atoms with Crippen LogP contribution < -0.4 is 82.7 Å². The van der Waals surface area contributed by atoms with Crippen LogP contribution in [0.5, 0.6) is 5.75 Å². The van der Waals surface area contributed by atoms with Gasteiger partial charge in [0.25, 0.3) is 5.91 Å². The molecule has 0 spiro atoms. The number of amides is 8. The number of carboxylic acid groups (broad SMARTS) is 1. The zero-order chi connectivity index (χ0) is 96.8. The number of hydrogen-bond donors (Lipinski definition) is 14. The number of benzene rings is 8. The summed E-state index contributed by atoms with van der Waals surface area (Å²) in [5, 5.41) is 68.5. The van der Waals surface area contributed by atoms with E-state index in [2.05, 4.69) is 121 Å². The fraction of sp³-hybridized carbons (Fsp3) is 0.360. The van der Waals surface area contributed by atoms with Crippen molar-refractivity contribution in [1.29, 1.82) is 0 Å². The van der Waals surface area contributed by atoms with Gasteiger partial charge in [-0.05, 0) is 194 Å². The number of aromatic amines is 1. The number of carbonyl (C=O) groups is 9. The number of anilines is 1. The number of H-pyrrole nitrogens is 1. The van der Waals surface area contributed by atoms with Crippen LogP contribution in [0.4, 0.5) is 11.4 Å². The number of hydrogen-bond acceptors (Lipinski definition) is 22. The number of nitrogens with one attached hydrogen (secondary N) is 9. The molecule has 712 valence electrons. The predicted octanol–water partition coefficient (Wildman–Crippen LogP) is 5.82. The molecule has 13 rings (SSSR count). The number of carbonyl (C=O) groups excluding carboxylic acids is 8. The largest absolute Gasteiger partial charge is 1.00 e. The first-order valence-corrected chi connectivity index (χ1v) is 50.6. The summed E-state index contributed by atoms with van der Waals surface area (Å²) in [7, 11) is -7.46. The van der Waals surface area contributed by atoms with Crippen molar-refractivity contribution in [3.05, 3.63) is 262 Å². The van der Waals surface area contributed by atoms with Gasteiger partial charge in [0.05, 0.1) is 37.9 Å². The van der Waals surface area contributed by atoms with Crippen molar-refractivity contribution in [2.45, 2.75) is 184 Å². The molecule has 4 heterocycles. The molecule has 15 N–H and O–H groups in total. The Bertz CT molecular complexity index is 6380. The number of nitrogens with zero attached hydrogens (tertiary/aromatic N) is 2. The molecule has 10 atom stereocenters. The van der Waals surface area contributed by atoms with E-state index in [0.29, 0.717) is 58.8 Å². The SMILES string of the molecule is C[C@@H](O)[C@H](NC(=O)[C@@H]1CSSC[C@H](NC(=O)[C@@H](Cc2ccccc2)NC(=O)c2ccc(C3=C(/C=C/C4=[N+](CCCS(=O)(=O)[O-])c5ccc6ccccc6c5C4(C)C)CCC/C3=C\C=C3\N(CCCS(=O)(=O)[O-])c4ccc5ccccc5c4C3(C)C)cc2)C(=O)N[C@@H](Cc2ccc(O)cc2)C(=O)N[C@H](Cc2c[nH]c3ccccc23)C(=O)N[C@@H](CCCCN)C(=O)N[C@H]([C@@H](C)O)C(=O)N1)C(=O)O.[Na+]. The summed E-state index contributed by atoms with van der Waals surface area (Å²) in [4.78, 5) is 139. The van der Waals surface area contributed by atoms with E-state index in [-0.39, 0.29) is 105 Å². The van der Waals surface area contributed by atoms with E-state index in [1.807, 2.05) is 60.7 Å². The molecule has 1 saturated heterocycles. The molecular weight excluding hydrogens is 1820 g/mol. The van der Waals surface area contributed by atoms with E-state index in [9.17, 15) is 65.5 Å². The van der Waals surface area contributed by atoms with Gasteiger partial charge in [0.15, 0.2) is 11.8 Å². The maximum absolute atomic E-state index is 15.7. The number of aromatic hydroxyl groups is 1. The Morgan fingerprint density at radius 3 is 1.90 bits per heavy atom. The number of rotatable bonds is 31. The number of aliphatic hydroxyl groups excluding tert-OH is 2. The van der Waals surface area contributed by atoms with Crippen LogP contribution in [0.1, 0.15) is 137 Å². The van der Waals surface area contributed by atoms with Crippen molar-refractivity contribution < 1.29 is 124 Å². The first-order chi connectivity index (χ1) is 64.3. The molecule has 8 amide bonds. The van der Waals surface area contributed by atoms with Crippen LogP contribution >= 0.6 is 21.6 Å². The van der Waals surface area contributed by atoms with Gasteiger partial charge in [-0.2, -0.15) is 4.58 Å². The number of para-hydroxylation sites is 1. The molecule has 9 aromatic rings. The van der Waals surface area contributed by atoms with Gasteiger partial charge >= 0.3 is 35.5 Å². The summed E-state index contributed by atoms with van der Waals surface area (Å²) in [6.45, 7) is 11.3. The number of phenolic OH excluding ortho intramolecular Hbond substituents is 1. The molecule has 0 bridgehead atoms. The topological polar surface area (TPSA) is 493 Å². The van der Waals surface area contributed by atoms with E-state index in [1.165, 1.54) is 31.2 Å². The number of allylic oxidation sites excluding steroid dienone is 8. The molecule has 136 heavy (non-hydrogen) atoms. The Morgan fingerprint density at radius 2 is 1.24 bits per heavy atom. The van der Waals surface area contributed by atoms with E-state index >= 15 is 24.0 Å². The van der Waals surface area contributed by atoms with Crippen LogP contribution in [-0.4, -0.2) is 218 Å². The van der Waals surface area contributed by atoms with E-state index in [4.69, 9.17) is 5.73 Å². The van der Waals surface area contributed by atoms with Crippen LogP contribution in [0.3, 0.4) is 0 Å². The molecule has 31 nitrogen and oxygen atoms in total. The Kier molecular flexibility index (Phi) is 34.9. The van der Waals surface area contributed by atoms with E-state index in [1.54, 1.807) is 85.1 Å². The number of carboxylic acids is 1. The molecule has 8 aromatic carbocycles. The molecule has 1 fully saturated rings. The zero-order valence-electron chi connectivity index (χ0n) is 76.6.